The van der Waals surface area contributed by atoms with Crippen LogP contribution in [0.3, 0.4) is 0 Å². The topological polar surface area (TPSA) is 183 Å². The molecule has 312 valence electrons. The minimum absolute atomic E-state index is 0.0302. The van der Waals surface area contributed by atoms with Crippen molar-refractivity contribution in [3.63, 3.8) is 0 Å². The van der Waals surface area contributed by atoms with Crippen molar-refractivity contribution in [2.45, 2.75) is 204 Å². The molecule has 5 N–H and O–H groups in total. The number of cyclic esters (lactones) is 1. The molecule has 4 saturated carbocycles. The number of rotatable bonds is 8. The lowest BCUT2D eigenvalue weighted by Gasteiger charge is -2.65. The molecule has 8 rings (SSSR count). The Morgan fingerprint density at radius 1 is 0.782 bits per heavy atom. The van der Waals surface area contributed by atoms with Crippen molar-refractivity contribution in [3.8, 4) is 0 Å². The van der Waals surface area contributed by atoms with Gasteiger partial charge >= 0.3 is 5.97 Å². The second kappa shape index (κ2) is 15.4. The van der Waals surface area contributed by atoms with Crippen LogP contribution in [-0.2, 0) is 38.0 Å². The quantitative estimate of drug-likeness (QED) is 0.178. The van der Waals surface area contributed by atoms with Gasteiger partial charge < -0.3 is 58.7 Å². The standard InChI is InChI=1S/C42H66O13/c1-6-32-39(55-35-16-25(43)13-21(2)50-35)31(45)19-37(53-32)54-38-22(3)51-36(18-30(38)44)52-26-9-11-40(4)24(15-26)7-8-28-29(40)17-33(46)41(5)27(10-12-42(28,41)48)23-14-34(47)49-20-23/h14,21-22,24-33,35-39,43-46,48H,6-13,15-20H2,1-5H3/t21-,22-,24-,25-,26+,27-,28-,29+,30+,31+,32-,33-,35+,36+,37+,38-,39+,40+,41+,42+/m1/s1. The van der Waals surface area contributed by atoms with Crippen molar-refractivity contribution in [1.29, 1.82) is 0 Å². The zero-order valence-electron chi connectivity index (χ0n) is 33.3. The molecule has 20 atom stereocenters. The molecular weight excluding hydrogens is 712 g/mol. The molecule has 3 saturated heterocycles. The third kappa shape index (κ3) is 7.17. The summed E-state index contributed by atoms with van der Waals surface area (Å²) in [5.74, 6) is 0.247. The van der Waals surface area contributed by atoms with Crippen molar-refractivity contribution in [1.82, 2.24) is 0 Å². The predicted octanol–water partition coefficient (Wildman–Crippen LogP) is 3.64. The number of carbonyl (C=O) groups excluding carboxylic acids is 1. The third-order valence-corrected chi connectivity index (χ3v) is 16.0. The second-order valence-corrected chi connectivity index (χ2v) is 19.0. The van der Waals surface area contributed by atoms with Crippen LogP contribution in [0.2, 0.25) is 0 Å². The van der Waals surface area contributed by atoms with Gasteiger partial charge in [-0.1, -0.05) is 20.8 Å². The van der Waals surface area contributed by atoms with Gasteiger partial charge in [-0.15, -0.1) is 0 Å². The first-order valence-corrected chi connectivity index (χ1v) is 21.4. The summed E-state index contributed by atoms with van der Waals surface area (Å²) in [6.45, 7) is 10.4. The smallest absolute Gasteiger partial charge is 0.331 e. The highest BCUT2D eigenvalue weighted by Crippen LogP contribution is 2.70. The highest BCUT2D eigenvalue weighted by molar-refractivity contribution is 5.85. The van der Waals surface area contributed by atoms with Gasteiger partial charge in [-0.25, -0.2) is 4.79 Å². The Bertz CT molecular complexity index is 1410. The molecule has 4 aliphatic carbocycles. The molecule has 0 radical (unpaired) electrons. The minimum atomic E-state index is -1.00. The Labute approximate surface area is 325 Å². The van der Waals surface area contributed by atoms with Crippen LogP contribution in [-0.4, -0.2) is 124 Å². The highest BCUT2D eigenvalue weighted by Gasteiger charge is 2.71. The fraction of sp³-hybridized carbons (Fsp3) is 0.929. The van der Waals surface area contributed by atoms with Crippen LogP contribution in [0.15, 0.2) is 11.6 Å². The Balaban J connectivity index is 0.847. The summed E-state index contributed by atoms with van der Waals surface area (Å²) in [4.78, 5) is 12.0. The van der Waals surface area contributed by atoms with Crippen LogP contribution in [0.5, 0.6) is 0 Å². The molecular formula is C42H66O13. The molecule has 0 spiro atoms. The summed E-state index contributed by atoms with van der Waals surface area (Å²) in [6.07, 6.45) is 2.66. The Hall–Kier alpha value is -1.23. The van der Waals surface area contributed by atoms with E-state index < -0.39 is 78.7 Å². The number of carbonyl (C=O) groups is 1. The van der Waals surface area contributed by atoms with E-state index in [-0.39, 0.29) is 60.8 Å². The second-order valence-electron chi connectivity index (χ2n) is 19.0. The van der Waals surface area contributed by atoms with E-state index in [0.29, 0.717) is 38.0 Å². The molecule has 0 aromatic carbocycles. The number of aliphatic hydroxyl groups excluding tert-OH is 4. The van der Waals surface area contributed by atoms with Gasteiger partial charge in [-0.3, -0.25) is 0 Å². The van der Waals surface area contributed by atoms with Crippen molar-refractivity contribution in [2.24, 2.45) is 34.5 Å². The first-order chi connectivity index (χ1) is 26.1. The average molecular weight is 779 g/mol. The molecule has 4 heterocycles. The number of hydrogen-bond acceptors (Lipinski definition) is 13. The highest BCUT2D eigenvalue weighted by atomic mass is 16.7. The van der Waals surface area contributed by atoms with Gasteiger partial charge in [-0.2, -0.15) is 0 Å². The van der Waals surface area contributed by atoms with Crippen LogP contribution in [0.4, 0.5) is 0 Å². The fourth-order valence-corrected chi connectivity index (χ4v) is 13.0. The Morgan fingerprint density at radius 3 is 2.18 bits per heavy atom. The molecule has 55 heavy (non-hydrogen) atoms. The van der Waals surface area contributed by atoms with E-state index in [2.05, 4.69) is 6.92 Å². The third-order valence-electron chi connectivity index (χ3n) is 16.0. The van der Waals surface area contributed by atoms with Crippen molar-refractivity contribution >= 4 is 5.97 Å². The van der Waals surface area contributed by atoms with E-state index in [9.17, 15) is 30.3 Å². The largest absolute Gasteiger partial charge is 0.458 e. The first kappa shape index (κ1) is 40.5. The van der Waals surface area contributed by atoms with E-state index >= 15 is 0 Å². The van der Waals surface area contributed by atoms with Gasteiger partial charge in [0, 0.05) is 30.8 Å². The van der Waals surface area contributed by atoms with Crippen LogP contribution < -0.4 is 0 Å². The maximum Gasteiger partial charge on any atom is 0.331 e. The normalized spacial score (nSPS) is 54.2. The number of ether oxygens (including phenoxy) is 7. The Morgan fingerprint density at radius 2 is 1.49 bits per heavy atom. The van der Waals surface area contributed by atoms with Gasteiger partial charge in [0.1, 0.15) is 18.8 Å². The number of hydrogen-bond donors (Lipinski definition) is 5. The van der Waals surface area contributed by atoms with Gasteiger partial charge in [0.05, 0.1) is 54.4 Å². The molecule has 0 aromatic rings. The Kier molecular flexibility index (Phi) is 11.4. The molecule has 13 nitrogen and oxygen atoms in total. The van der Waals surface area contributed by atoms with Gasteiger partial charge in [0.25, 0.3) is 0 Å². The number of esters is 1. The SMILES string of the molecule is CC[C@H]1O[C@@H](O[C@H]2[C@@H](O)C[C@H](O[C@H]3CC[C@@]4(C)[C@H](CC[C@@H]5[C@@H]4C[C@@H](O)[C@]4(C)[C@@H](C6=CC(=O)OC6)CC[C@]54O)C3)O[C@@H]2C)C[C@H](O)[C@@H]1O[C@H]1C[C@H](O)C[C@@H](C)O1. The summed E-state index contributed by atoms with van der Waals surface area (Å²) >= 11 is 0. The van der Waals surface area contributed by atoms with Gasteiger partial charge in [-0.05, 0) is 113 Å². The molecule has 4 aliphatic heterocycles. The zero-order chi connectivity index (χ0) is 39.0. The molecule has 13 heteroatoms. The average Bonchev–Trinajstić information content (AvgIpc) is 3.67. The summed E-state index contributed by atoms with van der Waals surface area (Å²) in [5.41, 5.74) is -0.859. The first-order valence-electron chi connectivity index (χ1n) is 21.4. The molecule has 0 bridgehead atoms. The monoisotopic (exact) mass is 778 g/mol. The predicted molar refractivity (Wildman–Crippen MR) is 196 cm³/mol. The maximum atomic E-state index is 12.6. The molecule has 7 fully saturated rings. The molecule has 0 unspecified atom stereocenters. The van der Waals surface area contributed by atoms with Crippen LogP contribution >= 0.6 is 0 Å². The lowest BCUT2D eigenvalue weighted by Crippen LogP contribution is -2.67. The van der Waals surface area contributed by atoms with E-state index in [1.165, 1.54) is 0 Å². The fourth-order valence-electron chi connectivity index (χ4n) is 13.0. The maximum absolute atomic E-state index is 12.6. The molecule has 0 aromatic heterocycles. The van der Waals surface area contributed by atoms with Crippen LogP contribution in [0.1, 0.15) is 118 Å². The van der Waals surface area contributed by atoms with Crippen LogP contribution in [0, 0.1) is 34.5 Å². The minimum Gasteiger partial charge on any atom is -0.458 e. The lowest BCUT2D eigenvalue weighted by atomic mass is 9.42. The van der Waals surface area contributed by atoms with E-state index in [1.807, 2.05) is 27.7 Å². The van der Waals surface area contributed by atoms with Gasteiger partial charge in [0.15, 0.2) is 18.9 Å². The molecule has 0 amide bonds. The van der Waals surface area contributed by atoms with E-state index in [0.717, 1.165) is 44.1 Å². The summed E-state index contributed by atoms with van der Waals surface area (Å²) in [7, 11) is 0. The van der Waals surface area contributed by atoms with Crippen molar-refractivity contribution in [2.75, 3.05) is 6.61 Å². The van der Waals surface area contributed by atoms with Crippen molar-refractivity contribution < 1.29 is 63.5 Å². The zero-order valence-corrected chi connectivity index (χ0v) is 33.3. The summed E-state index contributed by atoms with van der Waals surface area (Å²) < 4.78 is 42.7. The van der Waals surface area contributed by atoms with Crippen molar-refractivity contribution in [3.05, 3.63) is 11.6 Å². The van der Waals surface area contributed by atoms with E-state index in [4.69, 9.17) is 33.2 Å². The lowest BCUT2D eigenvalue weighted by molar-refractivity contribution is -0.335. The number of aliphatic hydroxyl groups is 5. The molecule has 8 aliphatic rings. The number of fused-ring (bicyclic) bond motifs is 5. The van der Waals surface area contributed by atoms with E-state index in [1.54, 1.807) is 6.08 Å². The summed E-state index contributed by atoms with van der Waals surface area (Å²) in [5, 5.41) is 57.1. The van der Waals surface area contributed by atoms with Gasteiger partial charge in [0.2, 0.25) is 0 Å². The summed E-state index contributed by atoms with van der Waals surface area (Å²) in [6, 6.07) is 0. The van der Waals surface area contributed by atoms with Crippen LogP contribution in [0.25, 0.3) is 0 Å².